The molecule has 0 saturated carbocycles. The molecule has 3 aromatic heterocycles. The van der Waals surface area contributed by atoms with Gasteiger partial charge in [0.25, 0.3) is 0 Å². The first-order chi connectivity index (χ1) is 47.3. The number of rotatable bonds is 15. The van der Waals surface area contributed by atoms with Gasteiger partial charge in [0.1, 0.15) is 18.2 Å². The maximum atomic E-state index is 13.7. The van der Waals surface area contributed by atoms with Crippen molar-refractivity contribution in [1.82, 2.24) is 45.6 Å². The fourth-order valence-electron chi connectivity index (χ4n) is 13.2. The van der Waals surface area contributed by atoms with Crippen LogP contribution in [0.15, 0.2) is 91.4 Å². The van der Waals surface area contributed by atoms with Crippen LogP contribution in [0.2, 0.25) is 0 Å². The van der Waals surface area contributed by atoms with Crippen LogP contribution in [0.5, 0.6) is 0 Å². The predicted octanol–water partition coefficient (Wildman–Crippen LogP) is 8.98. The van der Waals surface area contributed by atoms with Gasteiger partial charge in [-0.1, -0.05) is 0 Å². The van der Waals surface area contributed by atoms with Gasteiger partial charge >= 0.3 is 18.5 Å². The number of benzene rings is 3. The fraction of sp³-hybridized carbons (Fsp3) is 0.478. The van der Waals surface area contributed by atoms with E-state index in [1.54, 1.807) is 102 Å². The van der Waals surface area contributed by atoms with Crippen LogP contribution < -0.4 is 30.7 Å². The van der Waals surface area contributed by atoms with Crippen molar-refractivity contribution in [3.05, 3.63) is 108 Å². The lowest BCUT2D eigenvalue weighted by atomic mass is 9.92. The molecular formula is C69H72F9N15O6. The van der Waals surface area contributed by atoms with Crippen molar-refractivity contribution >= 4 is 85.2 Å². The molecule has 6 fully saturated rings. The van der Waals surface area contributed by atoms with E-state index >= 15 is 0 Å². The van der Waals surface area contributed by atoms with Gasteiger partial charge in [-0.25, -0.2) is 0 Å². The van der Waals surface area contributed by atoms with Crippen molar-refractivity contribution in [2.45, 2.75) is 114 Å². The minimum Gasteiger partial charge on any atom is -0.368 e. The molecule has 6 aromatic rings. The van der Waals surface area contributed by atoms with Crippen molar-refractivity contribution in [3.8, 4) is 18.2 Å². The number of aromatic nitrogens is 3. The molecule has 6 amide bonds. The summed E-state index contributed by atoms with van der Waals surface area (Å²) in [6, 6.07) is 23.8. The zero-order valence-corrected chi connectivity index (χ0v) is 53.8. The van der Waals surface area contributed by atoms with Crippen molar-refractivity contribution in [3.63, 3.8) is 0 Å². The van der Waals surface area contributed by atoms with Crippen LogP contribution in [0.4, 0.5) is 56.6 Å². The third-order valence-corrected chi connectivity index (χ3v) is 18.8. The first kappa shape index (κ1) is 71.7. The summed E-state index contributed by atoms with van der Waals surface area (Å²) in [7, 11) is 0. The minimum atomic E-state index is -4.42. The first-order valence-electron chi connectivity index (χ1n) is 32.8. The highest BCUT2D eigenvalue weighted by Gasteiger charge is 2.48. The molecule has 6 aliphatic rings. The van der Waals surface area contributed by atoms with Crippen molar-refractivity contribution in [2.24, 2.45) is 17.8 Å². The third-order valence-electron chi connectivity index (χ3n) is 18.8. The number of anilines is 3. The smallest absolute Gasteiger partial charge is 0.368 e. The zero-order chi connectivity index (χ0) is 70.8. The summed E-state index contributed by atoms with van der Waals surface area (Å²) in [6.45, 7) is 3.97. The molecule has 0 radical (unpaired) electrons. The maximum absolute atomic E-state index is 13.7. The van der Waals surface area contributed by atoms with Crippen LogP contribution >= 0.6 is 0 Å². The Labute approximate surface area is 563 Å². The van der Waals surface area contributed by atoms with Gasteiger partial charge in [-0.2, -0.15) is 55.3 Å². The lowest BCUT2D eigenvalue weighted by Crippen LogP contribution is -2.54. The highest BCUT2D eigenvalue weighted by Crippen LogP contribution is 2.41. The molecule has 6 atom stereocenters. The highest BCUT2D eigenvalue weighted by molar-refractivity contribution is 5.98. The van der Waals surface area contributed by atoms with E-state index in [9.17, 15) is 84.1 Å². The number of hydrogen-bond donors (Lipinski definition) is 3. The van der Waals surface area contributed by atoms with Gasteiger partial charge in [0.2, 0.25) is 35.4 Å². The number of likely N-dealkylation sites (tertiary alicyclic amines) is 3. The zero-order valence-electron chi connectivity index (χ0n) is 53.8. The number of nitrogens with zero attached hydrogens (tertiary/aromatic N) is 12. The van der Waals surface area contributed by atoms with E-state index in [1.165, 1.54) is 18.6 Å². The molecule has 6 unspecified atom stereocenters. The van der Waals surface area contributed by atoms with Crippen LogP contribution in [-0.4, -0.2) is 180 Å². The Balaban J connectivity index is 0.000000161. The molecule has 21 nitrogen and oxygen atoms in total. The number of amides is 6. The van der Waals surface area contributed by atoms with Gasteiger partial charge in [0, 0.05) is 187 Å². The maximum Gasteiger partial charge on any atom is 0.393 e. The summed E-state index contributed by atoms with van der Waals surface area (Å²) in [6.07, 6.45) is -6.47. The van der Waals surface area contributed by atoms with Crippen LogP contribution in [0.3, 0.4) is 0 Å². The average Bonchev–Trinajstić information content (AvgIpc) is 0.787. The van der Waals surface area contributed by atoms with Crippen molar-refractivity contribution in [1.29, 1.82) is 15.8 Å². The standard InChI is InChI=1S/3C23H24F3N5O2/c3*24-23(25,26)16-11-17(29-20(32)6-7-21(33)30-9-2-10-30)14-31(13-16)19-5-4-15(12-27)22-18(19)3-1-8-28-22/h3*1,3-5,8,16-17H,2,6-7,9-11,13-14H2,(H,29,32). The Kier molecular flexibility index (Phi) is 22.6. The van der Waals surface area contributed by atoms with E-state index in [-0.39, 0.29) is 115 Å². The fourth-order valence-corrected chi connectivity index (χ4v) is 13.2. The van der Waals surface area contributed by atoms with Crippen molar-refractivity contribution < 1.29 is 68.3 Å². The number of pyridine rings is 3. The second-order valence-corrected chi connectivity index (χ2v) is 25.6. The van der Waals surface area contributed by atoms with Crippen LogP contribution in [0, 0.1) is 51.7 Å². The summed E-state index contributed by atoms with van der Waals surface area (Å²) in [5.41, 5.74) is 3.93. The molecule has 522 valence electrons. The minimum absolute atomic E-state index is 0.0494. The van der Waals surface area contributed by atoms with Crippen LogP contribution in [0.25, 0.3) is 32.7 Å². The predicted molar refractivity (Wildman–Crippen MR) is 346 cm³/mol. The van der Waals surface area contributed by atoms with Gasteiger partial charge in [-0.15, -0.1) is 0 Å². The number of alkyl halides is 9. The second kappa shape index (κ2) is 31.2. The topological polar surface area (TPSA) is 268 Å². The molecule has 6 saturated heterocycles. The normalized spacial score (nSPS) is 20.8. The van der Waals surface area contributed by atoms with E-state index in [4.69, 9.17) is 0 Å². The Morgan fingerprint density at radius 1 is 0.394 bits per heavy atom. The lowest BCUT2D eigenvalue weighted by Gasteiger charge is -2.40. The van der Waals surface area contributed by atoms with E-state index in [2.05, 4.69) is 49.1 Å². The molecule has 0 spiro atoms. The number of hydrogen-bond acceptors (Lipinski definition) is 15. The third kappa shape index (κ3) is 17.8. The van der Waals surface area contributed by atoms with Crippen LogP contribution in [0.1, 0.15) is 93.7 Å². The van der Waals surface area contributed by atoms with E-state index in [1.807, 2.05) is 0 Å². The molecule has 0 bridgehead atoms. The number of piperidine rings is 3. The number of carbonyl (C=O) groups excluding carboxylic acids is 6. The number of halogens is 9. The number of carbonyl (C=O) groups is 6. The quantitative estimate of drug-likeness (QED) is 0.0810. The monoisotopic (exact) mass is 1380 g/mol. The number of nitrogens with one attached hydrogen (secondary N) is 3. The van der Waals surface area contributed by atoms with E-state index in [0.29, 0.717) is 106 Å². The van der Waals surface area contributed by atoms with Crippen LogP contribution in [-0.2, 0) is 28.8 Å². The summed E-state index contributed by atoms with van der Waals surface area (Å²) >= 11 is 0. The van der Waals surface area contributed by atoms with Gasteiger partial charge < -0.3 is 45.3 Å². The molecule has 3 aromatic carbocycles. The van der Waals surface area contributed by atoms with Gasteiger partial charge in [0.05, 0.1) is 51.0 Å². The Bertz CT molecular complexity index is 3690. The average molecular weight is 1380 g/mol. The summed E-state index contributed by atoms with van der Waals surface area (Å²) in [5, 5.41) is 37.9. The SMILES string of the molecule is N#Cc1ccc(N2CC(NC(=O)CCC(=O)N3CCC3)CC(C(F)(F)F)C2)c2cccnc12.N#Cc1ccc(N2CC(NC(=O)CCC(=O)N3CCC3)CC(C(F)(F)F)C2)c2cccnc12.N#Cc1ccc(N2CC(NC(=O)CCC(=O)N3CCC3)CC(C(F)(F)F)C2)c2cccnc12. The summed E-state index contributed by atoms with van der Waals surface area (Å²) in [5.74, 6) is -6.47. The van der Waals surface area contributed by atoms with Gasteiger partial charge in [0.15, 0.2) is 0 Å². The molecule has 9 heterocycles. The lowest BCUT2D eigenvalue weighted by molar-refractivity contribution is -0.178. The second-order valence-electron chi connectivity index (χ2n) is 25.6. The summed E-state index contributed by atoms with van der Waals surface area (Å²) < 4.78 is 123. The van der Waals surface area contributed by atoms with Gasteiger partial charge in [-0.3, -0.25) is 43.7 Å². The number of nitriles is 3. The first-order valence-corrected chi connectivity index (χ1v) is 32.8. The van der Waals surface area contributed by atoms with E-state index in [0.717, 1.165) is 19.3 Å². The molecule has 99 heavy (non-hydrogen) atoms. The van der Waals surface area contributed by atoms with Gasteiger partial charge in [-0.05, 0) is 111 Å². The Morgan fingerprint density at radius 3 is 0.879 bits per heavy atom. The molecule has 6 aliphatic heterocycles. The largest absolute Gasteiger partial charge is 0.393 e. The highest BCUT2D eigenvalue weighted by atomic mass is 19.4. The van der Waals surface area contributed by atoms with E-state index < -0.39 is 72.1 Å². The molecular weight excluding hydrogens is 1310 g/mol. The Hall–Kier alpha value is -10.1. The Morgan fingerprint density at radius 2 is 0.657 bits per heavy atom. The summed E-state index contributed by atoms with van der Waals surface area (Å²) in [4.78, 5) is 95.7. The molecule has 3 N–H and O–H groups in total. The molecule has 0 aliphatic carbocycles. The molecule has 30 heteroatoms. The molecule has 12 rings (SSSR count). The van der Waals surface area contributed by atoms with Crippen molar-refractivity contribution in [2.75, 3.05) is 93.2 Å². The number of fused-ring (bicyclic) bond motifs is 3.